The molecule has 0 amide bonds. The second kappa shape index (κ2) is 5.01. The number of H-pyrrole nitrogens is 1. The average Bonchev–Trinajstić information content (AvgIpc) is 2.77. The first-order valence-electron chi connectivity index (χ1n) is 5.12. The van der Waals surface area contributed by atoms with Gasteiger partial charge in [-0.25, -0.2) is 9.97 Å². The topological polar surface area (TPSA) is 75.6 Å². The Morgan fingerprint density at radius 3 is 3.18 bits per heavy atom. The maximum absolute atomic E-state index is 11.3. The van der Waals surface area contributed by atoms with Crippen LogP contribution in [-0.4, -0.2) is 25.6 Å². The Morgan fingerprint density at radius 1 is 1.65 bits per heavy atom. The zero-order chi connectivity index (χ0) is 12.3. The molecule has 0 saturated carbocycles. The maximum Gasteiger partial charge on any atom is 0.271 e. The van der Waals surface area contributed by atoms with Crippen LogP contribution in [0.2, 0.25) is 5.02 Å². The van der Waals surface area contributed by atoms with Crippen LogP contribution >= 0.6 is 11.6 Å². The van der Waals surface area contributed by atoms with Crippen molar-refractivity contribution in [2.75, 3.05) is 5.32 Å². The fourth-order valence-electron chi connectivity index (χ4n) is 1.47. The lowest BCUT2D eigenvalue weighted by Gasteiger charge is -2.15. The van der Waals surface area contributed by atoms with Crippen molar-refractivity contribution in [2.24, 2.45) is 0 Å². The number of rotatable bonds is 4. The van der Waals surface area contributed by atoms with Crippen LogP contribution in [0, 0.1) is 0 Å². The highest BCUT2D eigenvalue weighted by molar-refractivity contribution is 6.32. The lowest BCUT2D eigenvalue weighted by molar-refractivity contribution is 0.617. The number of halogens is 1. The Kier molecular flexibility index (Phi) is 3.43. The van der Waals surface area contributed by atoms with Crippen LogP contribution in [0.1, 0.15) is 6.92 Å². The Morgan fingerprint density at radius 2 is 2.47 bits per heavy atom. The third-order valence-corrected chi connectivity index (χ3v) is 2.57. The second-order valence-corrected chi connectivity index (χ2v) is 4.08. The van der Waals surface area contributed by atoms with Crippen LogP contribution in [0.4, 0.5) is 5.82 Å². The van der Waals surface area contributed by atoms with Crippen LogP contribution in [0.25, 0.3) is 0 Å². The highest BCUT2D eigenvalue weighted by Crippen LogP contribution is 2.13. The number of hydrogen-bond acceptors (Lipinski definition) is 4. The van der Waals surface area contributed by atoms with E-state index in [1.165, 1.54) is 6.33 Å². The van der Waals surface area contributed by atoms with Crippen LogP contribution in [0.15, 0.2) is 29.8 Å². The fraction of sp³-hybridized carbons (Fsp3) is 0.300. The van der Waals surface area contributed by atoms with Gasteiger partial charge >= 0.3 is 0 Å². The lowest BCUT2D eigenvalue weighted by atomic mass is 10.3. The van der Waals surface area contributed by atoms with Gasteiger partial charge in [0.25, 0.3) is 5.56 Å². The number of nitrogens with zero attached hydrogens (tertiary/aromatic N) is 3. The molecule has 2 aromatic rings. The molecule has 1 unspecified atom stereocenters. The van der Waals surface area contributed by atoms with Gasteiger partial charge in [0.2, 0.25) is 0 Å². The van der Waals surface area contributed by atoms with Crippen molar-refractivity contribution in [3.8, 4) is 0 Å². The lowest BCUT2D eigenvalue weighted by Crippen LogP contribution is -2.23. The third kappa shape index (κ3) is 2.85. The maximum atomic E-state index is 11.3. The van der Waals surface area contributed by atoms with E-state index in [9.17, 15) is 4.79 Å². The zero-order valence-corrected chi connectivity index (χ0v) is 9.98. The van der Waals surface area contributed by atoms with Gasteiger partial charge in [0.1, 0.15) is 5.02 Å². The van der Waals surface area contributed by atoms with E-state index in [4.69, 9.17) is 11.6 Å². The summed E-state index contributed by atoms with van der Waals surface area (Å²) in [4.78, 5) is 21.6. The molecule has 2 aromatic heterocycles. The molecule has 0 radical (unpaired) electrons. The molecule has 17 heavy (non-hydrogen) atoms. The summed E-state index contributed by atoms with van der Waals surface area (Å²) in [6.07, 6.45) is 6.63. The van der Waals surface area contributed by atoms with Gasteiger partial charge < -0.3 is 14.9 Å². The average molecular weight is 254 g/mol. The summed E-state index contributed by atoms with van der Waals surface area (Å²) in [5.41, 5.74) is -0.348. The van der Waals surface area contributed by atoms with Crippen LogP contribution in [0.3, 0.4) is 0 Å². The van der Waals surface area contributed by atoms with Crippen LogP contribution in [-0.2, 0) is 6.54 Å². The standard InChI is InChI=1S/C10H12ClN5O/c1-7(4-16-3-2-12-6-16)15-9-8(11)10(17)14-5-13-9/h2-3,5-7H,4H2,1H3,(H2,13,14,15,17). The minimum atomic E-state index is -0.348. The molecule has 0 aliphatic carbocycles. The molecule has 0 aliphatic heterocycles. The molecule has 7 heteroatoms. The van der Waals surface area contributed by atoms with E-state index in [0.717, 1.165) is 0 Å². The van der Waals surface area contributed by atoms with E-state index in [0.29, 0.717) is 12.4 Å². The van der Waals surface area contributed by atoms with Crippen molar-refractivity contribution in [2.45, 2.75) is 19.5 Å². The summed E-state index contributed by atoms with van der Waals surface area (Å²) in [5, 5.41) is 3.15. The summed E-state index contributed by atoms with van der Waals surface area (Å²) in [5.74, 6) is 0.392. The van der Waals surface area contributed by atoms with Gasteiger partial charge in [0, 0.05) is 25.0 Å². The van der Waals surface area contributed by atoms with Crippen LogP contribution in [0.5, 0.6) is 0 Å². The number of nitrogens with one attached hydrogen (secondary N) is 2. The molecule has 0 bridgehead atoms. The second-order valence-electron chi connectivity index (χ2n) is 3.70. The molecule has 0 fully saturated rings. The molecule has 0 aromatic carbocycles. The van der Waals surface area contributed by atoms with Crippen molar-refractivity contribution in [1.82, 2.24) is 19.5 Å². The van der Waals surface area contributed by atoms with Gasteiger partial charge in [-0.3, -0.25) is 4.79 Å². The Balaban J connectivity index is 2.05. The summed E-state index contributed by atoms with van der Waals surface area (Å²) in [6.45, 7) is 2.68. The fourth-order valence-corrected chi connectivity index (χ4v) is 1.63. The van der Waals surface area contributed by atoms with Crippen molar-refractivity contribution in [1.29, 1.82) is 0 Å². The first-order valence-corrected chi connectivity index (χ1v) is 5.50. The third-order valence-electron chi connectivity index (χ3n) is 2.22. The smallest absolute Gasteiger partial charge is 0.271 e. The molecular weight excluding hydrogens is 242 g/mol. The Labute approximate surface area is 103 Å². The quantitative estimate of drug-likeness (QED) is 0.856. The first kappa shape index (κ1) is 11.7. The van der Waals surface area contributed by atoms with Crippen molar-refractivity contribution >= 4 is 17.4 Å². The molecule has 0 spiro atoms. The summed E-state index contributed by atoms with van der Waals surface area (Å²) < 4.78 is 1.93. The van der Waals surface area contributed by atoms with E-state index >= 15 is 0 Å². The molecule has 6 nitrogen and oxygen atoms in total. The van der Waals surface area contributed by atoms with E-state index < -0.39 is 0 Å². The van der Waals surface area contributed by atoms with Crippen molar-refractivity contribution < 1.29 is 0 Å². The largest absolute Gasteiger partial charge is 0.364 e. The molecule has 2 N–H and O–H groups in total. The number of imidazole rings is 1. The van der Waals surface area contributed by atoms with Crippen molar-refractivity contribution in [3.63, 3.8) is 0 Å². The zero-order valence-electron chi connectivity index (χ0n) is 9.22. The molecule has 2 rings (SSSR count). The van der Waals surface area contributed by atoms with E-state index in [1.807, 2.05) is 17.7 Å². The van der Waals surface area contributed by atoms with E-state index in [-0.39, 0.29) is 16.6 Å². The van der Waals surface area contributed by atoms with Crippen molar-refractivity contribution in [3.05, 3.63) is 40.4 Å². The minimum absolute atomic E-state index is 0.0741. The summed E-state index contributed by atoms with van der Waals surface area (Å²) >= 11 is 5.83. The van der Waals surface area contributed by atoms with Gasteiger partial charge in [0.15, 0.2) is 5.82 Å². The number of aromatic amines is 1. The number of hydrogen-bond donors (Lipinski definition) is 2. The molecule has 0 saturated heterocycles. The monoisotopic (exact) mass is 253 g/mol. The van der Waals surface area contributed by atoms with E-state index in [1.54, 1.807) is 12.5 Å². The SMILES string of the molecule is CC(Cn1ccnc1)Nc1nc[nH]c(=O)c1Cl. The van der Waals surface area contributed by atoms with E-state index in [2.05, 4.69) is 20.3 Å². The van der Waals surface area contributed by atoms with Gasteiger partial charge in [-0.15, -0.1) is 0 Å². The highest BCUT2D eigenvalue weighted by Gasteiger charge is 2.09. The van der Waals surface area contributed by atoms with Gasteiger partial charge in [-0.05, 0) is 6.92 Å². The Bertz CT molecular complexity index is 536. The molecular formula is C10H12ClN5O. The minimum Gasteiger partial charge on any atom is -0.364 e. The normalized spacial score (nSPS) is 12.4. The van der Waals surface area contributed by atoms with Gasteiger partial charge in [0.05, 0.1) is 12.7 Å². The predicted molar refractivity (Wildman–Crippen MR) is 65.2 cm³/mol. The molecule has 1 atom stereocenters. The van der Waals surface area contributed by atoms with Gasteiger partial charge in [-0.2, -0.15) is 0 Å². The number of anilines is 1. The molecule has 90 valence electrons. The summed E-state index contributed by atoms with van der Waals surface area (Å²) in [7, 11) is 0. The van der Waals surface area contributed by atoms with Gasteiger partial charge in [-0.1, -0.05) is 11.6 Å². The first-order chi connectivity index (χ1) is 8.16. The molecule has 0 aliphatic rings. The predicted octanol–water partition coefficient (Wildman–Crippen LogP) is 1.12. The molecule has 2 heterocycles. The number of aromatic nitrogens is 4. The highest BCUT2D eigenvalue weighted by atomic mass is 35.5. The van der Waals surface area contributed by atoms with Crippen LogP contribution < -0.4 is 10.9 Å². The summed E-state index contributed by atoms with van der Waals surface area (Å²) in [6, 6.07) is 0.0796. The Hall–Kier alpha value is -1.82.